The van der Waals surface area contributed by atoms with Gasteiger partial charge in [0.25, 0.3) is 0 Å². The van der Waals surface area contributed by atoms with E-state index in [2.05, 4.69) is 26.8 Å². The third-order valence-electron chi connectivity index (χ3n) is 4.40. The van der Waals surface area contributed by atoms with Crippen molar-refractivity contribution in [3.8, 4) is 0 Å². The van der Waals surface area contributed by atoms with Gasteiger partial charge in [0.15, 0.2) is 5.82 Å². The minimum Gasteiger partial charge on any atom is -0.352 e. The second-order valence-corrected chi connectivity index (χ2v) is 5.77. The fourth-order valence-electron chi connectivity index (χ4n) is 3.28. The standard InChI is InChI=1S/C16H17FN4/c1-10-4-2-3-7-21(10)16-15-14(18-9-19-16)12-8-11(17)5-6-13(12)20-15/h5-6,8-10,20H,2-4,7H2,1H3. The number of halogens is 1. The van der Waals surface area contributed by atoms with Gasteiger partial charge in [-0.3, -0.25) is 0 Å². The van der Waals surface area contributed by atoms with E-state index >= 15 is 0 Å². The number of benzene rings is 1. The molecule has 1 saturated heterocycles. The molecule has 0 aliphatic carbocycles. The Morgan fingerprint density at radius 2 is 2.19 bits per heavy atom. The summed E-state index contributed by atoms with van der Waals surface area (Å²) in [7, 11) is 0. The van der Waals surface area contributed by atoms with Crippen molar-refractivity contribution in [1.29, 1.82) is 0 Å². The van der Waals surface area contributed by atoms with Gasteiger partial charge in [0.2, 0.25) is 0 Å². The average Bonchev–Trinajstić information content (AvgIpc) is 2.86. The lowest BCUT2D eigenvalue weighted by atomic mass is 10.0. The number of rotatable bonds is 1. The Hall–Kier alpha value is -2.17. The molecule has 108 valence electrons. The first-order chi connectivity index (χ1) is 10.2. The Morgan fingerprint density at radius 3 is 3.05 bits per heavy atom. The zero-order valence-electron chi connectivity index (χ0n) is 11.9. The molecule has 21 heavy (non-hydrogen) atoms. The smallest absolute Gasteiger partial charge is 0.156 e. The van der Waals surface area contributed by atoms with Crippen LogP contribution in [0.3, 0.4) is 0 Å². The van der Waals surface area contributed by atoms with Crippen molar-refractivity contribution in [2.75, 3.05) is 11.4 Å². The van der Waals surface area contributed by atoms with Crippen LogP contribution < -0.4 is 4.90 Å². The van der Waals surface area contributed by atoms with Crippen LogP contribution in [0.25, 0.3) is 21.9 Å². The molecule has 0 bridgehead atoms. The van der Waals surface area contributed by atoms with E-state index in [0.29, 0.717) is 6.04 Å². The third kappa shape index (κ3) is 1.95. The maximum atomic E-state index is 13.5. The van der Waals surface area contributed by atoms with Gasteiger partial charge in [0, 0.05) is 23.5 Å². The van der Waals surface area contributed by atoms with Gasteiger partial charge in [-0.05, 0) is 44.4 Å². The summed E-state index contributed by atoms with van der Waals surface area (Å²) in [4.78, 5) is 14.5. The summed E-state index contributed by atoms with van der Waals surface area (Å²) in [6.07, 6.45) is 5.21. The number of nitrogens with zero attached hydrogens (tertiary/aromatic N) is 3. The summed E-state index contributed by atoms with van der Waals surface area (Å²) in [5.74, 6) is 0.693. The largest absolute Gasteiger partial charge is 0.352 e. The van der Waals surface area contributed by atoms with Crippen LogP contribution in [0.15, 0.2) is 24.5 Å². The van der Waals surface area contributed by atoms with Crippen molar-refractivity contribution in [2.45, 2.75) is 32.2 Å². The molecule has 1 unspecified atom stereocenters. The van der Waals surface area contributed by atoms with E-state index in [9.17, 15) is 4.39 Å². The number of aromatic nitrogens is 3. The van der Waals surface area contributed by atoms with Crippen LogP contribution >= 0.6 is 0 Å². The minimum atomic E-state index is -0.241. The van der Waals surface area contributed by atoms with E-state index in [1.165, 1.54) is 31.4 Å². The summed E-state index contributed by atoms with van der Waals surface area (Å²) in [6, 6.07) is 5.23. The Balaban J connectivity index is 1.95. The average molecular weight is 284 g/mol. The van der Waals surface area contributed by atoms with Gasteiger partial charge in [-0.2, -0.15) is 0 Å². The molecule has 0 radical (unpaired) electrons. The summed E-state index contributed by atoms with van der Waals surface area (Å²) in [5.41, 5.74) is 2.61. The van der Waals surface area contributed by atoms with Gasteiger partial charge in [0.05, 0.1) is 0 Å². The fourth-order valence-corrected chi connectivity index (χ4v) is 3.28. The van der Waals surface area contributed by atoms with Crippen LogP contribution in [0.1, 0.15) is 26.2 Å². The van der Waals surface area contributed by atoms with Gasteiger partial charge >= 0.3 is 0 Å². The highest BCUT2D eigenvalue weighted by Gasteiger charge is 2.23. The van der Waals surface area contributed by atoms with E-state index in [-0.39, 0.29) is 5.82 Å². The van der Waals surface area contributed by atoms with E-state index < -0.39 is 0 Å². The molecule has 1 aromatic carbocycles. The summed E-state index contributed by atoms with van der Waals surface area (Å²) < 4.78 is 13.5. The van der Waals surface area contributed by atoms with Gasteiger partial charge in [-0.25, -0.2) is 14.4 Å². The van der Waals surface area contributed by atoms with Crippen LogP contribution in [0.4, 0.5) is 10.2 Å². The lowest BCUT2D eigenvalue weighted by Gasteiger charge is -2.34. The molecule has 1 aliphatic heterocycles. The van der Waals surface area contributed by atoms with Crippen LogP contribution in [0.5, 0.6) is 0 Å². The maximum Gasteiger partial charge on any atom is 0.156 e. The first-order valence-electron chi connectivity index (χ1n) is 7.42. The summed E-state index contributed by atoms with van der Waals surface area (Å²) in [5, 5.41) is 0.818. The SMILES string of the molecule is CC1CCCCN1c1ncnc2c1[nH]c1ccc(F)cc12. The highest BCUT2D eigenvalue weighted by molar-refractivity contribution is 6.08. The van der Waals surface area contributed by atoms with Crippen LogP contribution in [-0.2, 0) is 0 Å². The first-order valence-corrected chi connectivity index (χ1v) is 7.42. The Kier molecular flexibility index (Phi) is 2.80. The number of H-pyrrole nitrogens is 1. The van der Waals surface area contributed by atoms with Crippen LogP contribution in [-0.4, -0.2) is 27.5 Å². The molecule has 1 atom stereocenters. The monoisotopic (exact) mass is 284 g/mol. The van der Waals surface area contributed by atoms with Gasteiger partial charge in [0.1, 0.15) is 23.2 Å². The summed E-state index contributed by atoms with van der Waals surface area (Å²) in [6.45, 7) is 3.24. The molecule has 2 aromatic heterocycles. The highest BCUT2D eigenvalue weighted by Crippen LogP contribution is 2.32. The number of piperidine rings is 1. The number of nitrogens with one attached hydrogen (secondary N) is 1. The quantitative estimate of drug-likeness (QED) is 0.742. The number of fused-ring (bicyclic) bond motifs is 3. The highest BCUT2D eigenvalue weighted by atomic mass is 19.1. The van der Waals surface area contributed by atoms with Crippen LogP contribution in [0, 0.1) is 5.82 Å². The molecule has 4 rings (SSSR count). The molecule has 0 saturated carbocycles. The van der Waals surface area contributed by atoms with E-state index in [4.69, 9.17) is 0 Å². The molecule has 3 heterocycles. The number of anilines is 1. The molecular weight excluding hydrogens is 267 g/mol. The molecule has 3 aromatic rings. The van der Waals surface area contributed by atoms with Gasteiger partial charge in [-0.1, -0.05) is 0 Å². The van der Waals surface area contributed by atoms with Crippen molar-refractivity contribution < 1.29 is 4.39 Å². The molecule has 1 fully saturated rings. The maximum absolute atomic E-state index is 13.5. The first kappa shape index (κ1) is 12.6. The van der Waals surface area contributed by atoms with Crippen molar-refractivity contribution >= 4 is 27.8 Å². The van der Waals surface area contributed by atoms with Crippen LogP contribution in [0.2, 0.25) is 0 Å². The molecule has 4 nitrogen and oxygen atoms in total. The van der Waals surface area contributed by atoms with Gasteiger partial charge < -0.3 is 9.88 Å². The zero-order valence-corrected chi connectivity index (χ0v) is 11.9. The second-order valence-electron chi connectivity index (χ2n) is 5.77. The fraction of sp³-hybridized carbons (Fsp3) is 0.375. The number of hydrogen-bond donors (Lipinski definition) is 1. The lowest BCUT2D eigenvalue weighted by molar-refractivity contribution is 0.482. The van der Waals surface area contributed by atoms with E-state index in [1.807, 2.05) is 0 Å². The van der Waals surface area contributed by atoms with Gasteiger partial charge in [-0.15, -0.1) is 0 Å². The van der Waals surface area contributed by atoms with Crippen molar-refractivity contribution in [3.63, 3.8) is 0 Å². The number of hydrogen-bond acceptors (Lipinski definition) is 3. The predicted molar refractivity (Wildman–Crippen MR) is 82.0 cm³/mol. The minimum absolute atomic E-state index is 0.241. The molecule has 1 aliphatic rings. The Bertz CT molecular complexity index is 810. The topological polar surface area (TPSA) is 44.8 Å². The van der Waals surface area contributed by atoms with E-state index in [1.54, 1.807) is 12.4 Å². The molecule has 5 heteroatoms. The zero-order chi connectivity index (χ0) is 14.4. The molecule has 1 N–H and O–H groups in total. The van der Waals surface area contributed by atoms with Crippen molar-refractivity contribution in [1.82, 2.24) is 15.0 Å². The third-order valence-corrected chi connectivity index (χ3v) is 4.40. The Labute approximate surface area is 122 Å². The molecular formula is C16H17FN4. The molecule has 0 amide bonds. The van der Waals surface area contributed by atoms with E-state index in [0.717, 1.165) is 34.3 Å². The van der Waals surface area contributed by atoms with Crippen molar-refractivity contribution in [2.24, 2.45) is 0 Å². The summed E-state index contributed by atoms with van der Waals surface area (Å²) >= 11 is 0. The number of aromatic amines is 1. The molecule has 0 spiro atoms. The predicted octanol–water partition coefficient (Wildman–Crippen LogP) is 3.63. The second kappa shape index (κ2) is 4.69. The lowest BCUT2D eigenvalue weighted by Crippen LogP contribution is -2.38. The Morgan fingerprint density at radius 1 is 1.29 bits per heavy atom. The van der Waals surface area contributed by atoms with Crippen molar-refractivity contribution in [3.05, 3.63) is 30.3 Å². The normalized spacial score (nSPS) is 19.5.